The summed E-state index contributed by atoms with van der Waals surface area (Å²) in [7, 11) is 1.56. The monoisotopic (exact) mass is 318 g/mol. The van der Waals surface area contributed by atoms with Crippen molar-refractivity contribution in [1.29, 1.82) is 0 Å². The molecule has 6 heteroatoms. The highest BCUT2D eigenvalue weighted by atomic mass is 16.6. The maximum absolute atomic E-state index is 11.5. The molecule has 0 spiro atoms. The summed E-state index contributed by atoms with van der Waals surface area (Å²) < 4.78 is 14.4. The molecule has 1 aromatic rings. The van der Waals surface area contributed by atoms with Crippen LogP contribution in [0.2, 0.25) is 0 Å². The number of benzene rings is 1. The topological polar surface area (TPSA) is 78.9 Å². The molecule has 0 saturated heterocycles. The number of carbonyl (C=O) groups is 3. The molecule has 1 rings (SSSR count). The second-order valence-corrected chi connectivity index (χ2v) is 4.36. The van der Waals surface area contributed by atoms with Gasteiger partial charge in [0.2, 0.25) is 5.78 Å². The lowest BCUT2D eigenvalue weighted by Gasteiger charge is -2.02. The second-order valence-electron chi connectivity index (χ2n) is 4.36. The number of rotatable bonds is 8. The van der Waals surface area contributed by atoms with E-state index in [1.165, 1.54) is 18.2 Å². The van der Waals surface area contributed by atoms with E-state index in [-0.39, 0.29) is 0 Å². The first kappa shape index (κ1) is 18.2. The highest BCUT2D eigenvalue weighted by molar-refractivity contribution is 5.91. The highest BCUT2D eigenvalue weighted by Gasteiger charge is 2.07. The van der Waals surface area contributed by atoms with E-state index in [1.807, 2.05) is 0 Å². The highest BCUT2D eigenvalue weighted by Crippen LogP contribution is 2.12. The SMILES string of the molecule is C/C=C/C(=O)OCC(=O)COC(=O)/C=C/c1ccc(OC)cc1. The third-order valence-corrected chi connectivity index (χ3v) is 2.58. The molecule has 23 heavy (non-hydrogen) atoms. The third kappa shape index (κ3) is 7.61. The average molecular weight is 318 g/mol. The molecule has 0 aliphatic heterocycles. The molecule has 0 heterocycles. The van der Waals surface area contributed by atoms with Crippen molar-refractivity contribution in [3.63, 3.8) is 0 Å². The molecule has 0 saturated carbocycles. The molecule has 0 bridgehead atoms. The Bertz CT molecular complexity index is 598. The first-order chi connectivity index (χ1) is 11.0. The number of ketones is 1. The molecule has 0 aliphatic rings. The minimum Gasteiger partial charge on any atom is -0.497 e. The molecule has 0 aromatic heterocycles. The largest absolute Gasteiger partial charge is 0.497 e. The van der Waals surface area contributed by atoms with Gasteiger partial charge in [0, 0.05) is 12.2 Å². The maximum Gasteiger partial charge on any atom is 0.331 e. The Morgan fingerprint density at radius 1 is 0.957 bits per heavy atom. The van der Waals surface area contributed by atoms with Crippen molar-refractivity contribution >= 4 is 23.8 Å². The van der Waals surface area contributed by atoms with Crippen molar-refractivity contribution in [2.75, 3.05) is 20.3 Å². The standard InChI is InChI=1S/C17H18O6/c1-3-4-16(19)22-11-14(18)12-23-17(20)10-7-13-5-8-15(21-2)9-6-13/h3-10H,11-12H2,1-2H3/b4-3+,10-7+. The Balaban J connectivity index is 2.34. The molecule has 122 valence electrons. The van der Waals surface area contributed by atoms with Crippen LogP contribution in [0.25, 0.3) is 6.08 Å². The molecule has 0 aliphatic carbocycles. The number of hydrogen-bond donors (Lipinski definition) is 0. The number of methoxy groups -OCH3 is 1. The predicted molar refractivity (Wildman–Crippen MR) is 83.8 cm³/mol. The molecule has 0 amide bonds. The van der Waals surface area contributed by atoms with Gasteiger partial charge in [-0.1, -0.05) is 18.2 Å². The fraction of sp³-hybridized carbons (Fsp3) is 0.235. The van der Waals surface area contributed by atoms with Crippen LogP contribution in [-0.2, 0) is 23.9 Å². The third-order valence-electron chi connectivity index (χ3n) is 2.58. The number of carbonyl (C=O) groups excluding carboxylic acids is 3. The molecule has 6 nitrogen and oxygen atoms in total. The van der Waals surface area contributed by atoms with Crippen LogP contribution in [0.15, 0.2) is 42.5 Å². The van der Waals surface area contributed by atoms with Crippen LogP contribution in [0.1, 0.15) is 12.5 Å². The van der Waals surface area contributed by atoms with Gasteiger partial charge in [-0.05, 0) is 30.7 Å². The van der Waals surface area contributed by atoms with Crippen LogP contribution in [-0.4, -0.2) is 38.0 Å². The van der Waals surface area contributed by atoms with Crippen LogP contribution < -0.4 is 4.74 Å². The van der Waals surface area contributed by atoms with Gasteiger partial charge in [0.1, 0.15) is 5.75 Å². The molecular weight excluding hydrogens is 300 g/mol. The van der Waals surface area contributed by atoms with E-state index in [0.717, 1.165) is 5.56 Å². The number of allylic oxidation sites excluding steroid dienone is 1. The fourth-order valence-corrected chi connectivity index (χ4v) is 1.46. The van der Waals surface area contributed by atoms with Gasteiger partial charge in [-0.15, -0.1) is 0 Å². The molecule has 0 atom stereocenters. The summed E-state index contributed by atoms with van der Waals surface area (Å²) in [5.74, 6) is -1.07. The van der Waals surface area contributed by atoms with Gasteiger partial charge >= 0.3 is 11.9 Å². The summed E-state index contributed by atoms with van der Waals surface area (Å²) in [6.45, 7) is 0.771. The lowest BCUT2D eigenvalue weighted by Crippen LogP contribution is -2.19. The zero-order chi connectivity index (χ0) is 17.1. The van der Waals surface area contributed by atoms with Gasteiger partial charge in [0.15, 0.2) is 13.2 Å². The quantitative estimate of drug-likeness (QED) is 0.538. The molecule has 0 fully saturated rings. The summed E-state index contributed by atoms with van der Waals surface area (Å²) in [5, 5.41) is 0. The summed E-state index contributed by atoms with van der Waals surface area (Å²) in [5.41, 5.74) is 0.786. The van der Waals surface area contributed by atoms with Crippen molar-refractivity contribution in [3.05, 3.63) is 48.1 Å². The molecule has 0 N–H and O–H groups in total. The first-order valence-corrected chi connectivity index (χ1v) is 6.85. The lowest BCUT2D eigenvalue weighted by atomic mass is 10.2. The Labute approximate surface area is 134 Å². The Morgan fingerprint density at radius 3 is 2.04 bits per heavy atom. The van der Waals surface area contributed by atoms with E-state index < -0.39 is 30.9 Å². The summed E-state index contributed by atoms with van der Waals surface area (Å²) in [6.07, 6.45) is 5.45. The van der Waals surface area contributed by atoms with Crippen LogP contribution in [0, 0.1) is 0 Å². The van der Waals surface area contributed by atoms with E-state index in [4.69, 9.17) is 9.47 Å². The molecular formula is C17H18O6. The van der Waals surface area contributed by atoms with Crippen LogP contribution in [0.3, 0.4) is 0 Å². The minimum atomic E-state index is -0.658. The van der Waals surface area contributed by atoms with Crippen LogP contribution in [0.4, 0.5) is 0 Å². The van der Waals surface area contributed by atoms with Crippen molar-refractivity contribution in [1.82, 2.24) is 0 Å². The van der Waals surface area contributed by atoms with Gasteiger partial charge in [0.05, 0.1) is 7.11 Å². The van der Waals surface area contributed by atoms with E-state index in [1.54, 1.807) is 44.4 Å². The molecule has 1 aromatic carbocycles. The van der Waals surface area contributed by atoms with Crippen LogP contribution in [0.5, 0.6) is 5.75 Å². The predicted octanol–water partition coefficient (Wildman–Crippen LogP) is 1.94. The van der Waals surface area contributed by atoms with Gasteiger partial charge in [-0.25, -0.2) is 9.59 Å². The average Bonchev–Trinajstić information content (AvgIpc) is 2.57. The number of Topliss-reactive ketones (excluding diaryl/α,β-unsaturated/α-hetero) is 1. The fourth-order valence-electron chi connectivity index (χ4n) is 1.46. The first-order valence-electron chi connectivity index (χ1n) is 6.85. The maximum atomic E-state index is 11.5. The summed E-state index contributed by atoms with van der Waals surface area (Å²) >= 11 is 0. The summed E-state index contributed by atoms with van der Waals surface area (Å²) in [4.78, 5) is 33.9. The second kappa shape index (κ2) is 9.94. The number of ether oxygens (including phenoxy) is 3. The van der Waals surface area contributed by atoms with E-state index in [9.17, 15) is 14.4 Å². The van der Waals surface area contributed by atoms with Gasteiger partial charge in [-0.3, -0.25) is 4.79 Å². The Hall–Kier alpha value is -2.89. The number of esters is 2. The van der Waals surface area contributed by atoms with E-state index >= 15 is 0 Å². The van der Waals surface area contributed by atoms with Gasteiger partial charge < -0.3 is 14.2 Å². The van der Waals surface area contributed by atoms with Gasteiger partial charge in [-0.2, -0.15) is 0 Å². The number of hydrogen-bond acceptors (Lipinski definition) is 6. The lowest BCUT2D eigenvalue weighted by molar-refractivity contribution is -0.148. The zero-order valence-electron chi connectivity index (χ0n) is 13.0. The normalized spacial score (nSPS) is 10.7. The van der Waals surface area contributed by atoms with Crippen molar-refractivity contribution in [3.8, 4) is 5.75 Å². The smallest absolute Gasteiger partial charge is 0.331 e. The molecule has 0 radical (unpaired) electrons. The van der Waals surface area contributed by atoms with Crippen molar-refractivity contribution < 1.29 is 28.6 Å². The Morgan fingerprint density at radius 2 is 1.52 bits per heavy atom. The van der Waals surface area contributed by atoms with E-state index in [2.05, 4.69) is 4.74 Å². The summed E-state index contributed by atoms with van der Waals surface area (Å²) in [6, 6.07) is 7.06. The van der Waals surface area contributed by atoms with E-state index in [0.29, 0.717) is 5.75 Å². The van der Waals surface area contributed by atoms with Crippen molar-refractivity contribution in [2.24, 2.45) is 0 Å². The Kier molecular flexibility index (Phi) is 7.85. The minimum absolute atomic E-state index is 0.432. The van der Waals surface area contributed by atoms with Gasteiger partial charge in [0.25, 0.3) is 0 Å². The van der Waals surface area contributed by atoms with Crippen molar-refractivity contribution in [2.45, 2.75) is 6.92 Å². The van der Waals surface area contributed by atoms with Crippen LogP contribution >= 0.6 is 0 Å². The molecule has 0 unspecified atom stereocenters. The zero-order valence-corrected chi connectivity index (χ0v) is 13.0.